The molecule has 0 aromatic heterocycles. The Morgan fingerprint density at radius 3 is 0.957 bits per heavy atom. The molecule has 0 aliphatic heterocycles. The van der Waals surface area contributed by atoms with Gasteiger partial charge in [0, 0.05) is 6.42 Å². The molecule has 0 aromatic rings. The van der Waals surface area contributed by atoms with Crippen molar-refractivity contribution in [3.8, 4) is 0 Å². The number of carbonyl (C=O) groups is 1. The van der Waals surface area contributed by atoms with E-state index < -0.39 is 20.0 Å². The SMILES string of the molecule is CC/C=C\C/C=C\C/C=C\C/C=C\C/C=C\C/C=C\C/C=C\C/C=C\C/C=C\CCCCCCCCCCCCCC(=O)NC(COP(=O)([O-])OCC[N+](C)(C)C)C(O)CCCCCCCCCCCCCCCCCCCCCCCCCCCCCCCCCC. The molecule has 93 heavy (non-hydrogen) atoms. The molecule has 0 aliphatic rings. The number of likely N-dealkylation sites (N-methyl/N-ethyl adjacent to an activating group) is 1. The number of nitrogens with one attached hydrogen (secondary N) is 1. The summed E-state index contributed by atoms with van der Waals surface area (Å²) in [7, 11) is 1.30. The Morgan fingerprint density at radius 1 is 0.387 bits per heavy atom. The van der Waals surface area contributed by atoms with E-state index in [-0.39, 0.29) is 19.1 Å². The molecule has 8 nitrogen and oxygen atoms in total. The zero-order chi connectivity index (χ0) is 67.6. The highest BCUT2D eigenvalue weighted by Gasteiger charge is 2.24. The van der Waals surface area contributed by atoms with Crippen molar-refractivity contribution in [2.24, 2.45) is 0 Å². The molecule has 3 atom stereocenters. The maximum atomic E-state index is 13.1. The normalized spacial score (nSPS) is 14.1. The predicted molar refractivity (Wildman–Crippen MR) is 408 cm³/mol. The third-order valence-electron chi connectivity index (χ3n) is 17.8. The molecule has 9 heteroatoms. The lowest BCUT2D eigenvalue weighted by molar-refractivity contribution is -0.870. The highest BCUT2D eigenvalue weighted by molar-refractivity contribution is 7.45. The van der Waals surface area contributed by atoms with Crippen LogP contribution in [0, 0.1) is 0 Å². The van der Waals surface area contributed by atoms with Crippen molar-refractivity contribution in [2.75, 3.05) is 40.9 Å². The summed E-state index contributed by atoms with van der Waals surface area (Å²) in [6, 6.07) is -0.811. The van der Waals surface area contributed by atoms with Crippen LogP contribution in [-0.4, -0.2) is 68.5 Å². The molecule has 3 unspecified atom stereocenters. The van der Waals surface area contributed by atoms with E-state index in [0.717, 1.165) is 96.3 Å². The Morgan fingerprint density at radius 2 is 0.656 bits per heavy atom. The summed E-state index contributed by atoms with van der Waals surface area (Å²) in [4.78, 5) is 25.8. The van der Waals surface area contributed by atoms with Crippen molar-refractivity contribution in [3.05, 3.63) is 109 Å². The average molecular weight is 1320 g/mol. The second-order valence-corrected chi connectivity index (χ2v) is 29.5. The van der Waals surface area contributed by atoms with Crippen molar-refractivity contribution in [2.45, 2.75) is 379 Å². The summed E-state index contributed by atoms with van der Waals surface area (Å²) < 4.78 is 23.6. The van der Waals surface area contributed by atoms with Crippen LogP contribution < -0.4 is 10.2 Å². The molecular formula is C84H153N2O6P. The number of carbonyl (C=O) groups excluding carboxylic acids is 1. The maximum Gasteiger partial charge on any atom is 0.268 e. The fourth-order valence-corrected chi connectivity index (χ4v) is 12.4. The molecule has 0 heterocycles. The molecular weight excluding hydrogens is 1160 g/mol. The quantitative estimate of drug-likeness (QED) is 0.0272. The van der Waals surface area contributed by atoms with E-state index in [4.69, 9.17) is 9.05 Å². The van der Waals surface area contributed by atoms with Gasteiger partial charge in [0.15, 0.2) is 0 Å². The summed E-state index contributed by atoms with van der Waals surface area (Å²) in [6.07, 6.45) is 108. The van der Waals surface area contributed by atoms with Gasteiger partial charge in [0.2, 0.25) is 5.91 Å². The fraction of sp³-hybridized carbons (Fsp3) is 0.774. The van der Waals surface area contributed by atoms with Crippen molar-refractivity contribution in [1.82, 2.24) is 5.32 Å². The van der Waals surface area contributed by atoms with Gasteiger partial charge in [0.25, 0.3) is 7.82 Å². The minimum atomic E-state index is -4.59. The number of aliphatic hydroxyl groups is 1. The van der Waals surface area contributed by atoms with E-state index in [2.05, 4.69) is 129 Å². The molecule has 1 amide bonds. The summed E-state index contributed by atoms with van der Waals surface area (Å²) >= 11 is 0. The number of quaternary nitrogens is 1. The van der Waals surface area contributed by atoms with E-state index in [1.807, 2.05) is 21.1 Å². The smallest absolute Gasteiger partial charge is 0.268 e. The van der Waals surface area contributed by atoms with E-state index in [9.17, 15) is 19.4 Å². The van der Waals surface area contributed by atoms with Gasteiger partial charge in [-0.05, 0) is 83.5 Å². The van der Waals surface area contributed by atoms with Gasteiger partial charge in [0.1, 0.15) is 13.2 Å². The number of phosphoric ester groups is 1. The van der Waals surface area contributed by atoms with Gasteiger partial charge in [0.05, 0.1) is 39.9 Å². The molecule has 0 radical (unpaired) electrons. The van der Waals surface area contributed by atoms with E-state index in [1.165, 1.54) is 244 Å². The Labute approximate surface area is 578 Å². The first-order valence-corrected chi connectivity index (χ1v) is 41.2. The number of phosphoric acid groups is 1. The van der Waals surface area contributed by atoms with Crippen LogP contribution in [0.5, 0.6) is 0 Å². The number of amides is 1. The molecule has 0 aliphatic carbocycles. The van der Waals surface area contributed by atoms with Gasteiger partial charge in [-0.25, -0.2) is 0 Å². The predicted octanol–water partition coefficient (Wildman–Crippen LogP) is 25.5. The average Bonchev–Trinajstić information content (AvgIpc) is 1.94. The van der Waals surface area contributed by atoms with Gasteiger partial charge in [-0.2, -0.15) is 0 Å². The van der Waals surface area contributed by atoms with Crippen molar-refractivity contribution in [3.63, 3.8) is 0 Å². The Bertz CT molecular complexity index is 1890. The first-order chi connectivity index (χ1) is 45.5. The number of rotatable bonds is 73. The van der Waals surface area contributed by atoms with Crippen LogP contribution in [0.2, 0.25) is 0 Å². The van der Waals surface area contributed by atoms with Crippen molar-refractivity contribution < 1.29 is 32.9 Å². The number of aliphatic hydroxyl groups excluding tert-OH is 1. The zero-order valence-electron chi connectivity index (χ0n) is 61.9. The summed E-state index contributed by atoms with van der Waals surface area (Å²) in [5.41, 5.74) is 0. The van der Waals surface area contributed by atoms with E-state index in [1.54, 1.807) is 0 Å². The number of allylic oxidation sites excluding steroid dienone is 18. The van der Waals surface area contributed by atoms with Crippen LogP contribution in [0.1, 0.15) is 367 Å². The monoisotopic (exact) mass is 1320 g/mol. The van der Waals surface area contributed by atoms with Gasteiger partial charge < -0.3 is 28.8 Å². The highest BCUT2D eigenvalue weighted by atomic mass is 31.2. The molecule has 0 rings (SSSR count). The van der Waals surface area contributed by atoms with E-state index in [0.29, 0.717) is 23.9 Å². The molecule has 0 bridgehead atoms. The lowest BCUT2D eigenvalue weighted by Gasteiger charge is -2.30. The molecule has 0 fully saturated rings. The van der Waals surface area contributed by atoms with Crippen LogP contribution in [0.25, 0.3) is 0 Å². The van der Waals surface area contributed by atoms with Gasteiger partial charge >= 0.3 is 0 Å². The second-order valence-electron chi connectivity index (χ2n) is 28.0. The Kier molecular flexibility index (Phi) is 71.2. The summed E-state index contributed by atoms with van der Waals surface area (Å²) in [6.45, 7) is 4.64. The largest absolute Gasteiger partial charge is 0.756 e. The van der Waals surface area contributed by atoms with Crippen LogP contribution in [0.15, 0.2) is 109 Å². The fourth-order valence-electron chi connectivity index (χ4n) is 11.7. The molecule has 540 valence electrons. The second kappa shape index (κ2) is 73.4. The minimum absolute atomic E-state index is 0.00830. The van der Waals surface area contributed by atoms with Crippen LogP contribution >= 0.6 is 7.82 Å². The topological polar surface area (TPSA) is 108 Å². The van der Waals surface area contributed by atoms with Gasteiger partial charge in [-0.3, -0.25) is 9.36 Å². The zero-order valence-corrected chi connectivity index (χ0v) is 62.8. The third-order valence-corrected chi connectivity index (χ3v) is 18.7. The first kappa shape index (κ1) is 90.2. The van der Waals surface area contributed by atoms with E-state index >= 15 is 0 Å². The Hall–Kier alpha value is -2.84. The van der Waals surface area contributed by atoms with Gasteiger partial charge in [-0.1, -0.05) is 386 Å². The minimum Gasteiger partial charge on any atom is -0.756 e. The first-order valence-electron chi connectivity index (χ1n) is 39.7. The van der Waals surface area contributed by atoms with Crippen LogP contribution in [0.3, 0.4) is 0 Å². The summed E-state index contributed by atoms with van der Waals surface area (Å²) in [5, 5.41) is 14.1. The van der Waals surface area contributed by atoms with Crippen LogP contribution in [0.4, 0.5) is 0 Å². The maximum absolute atomic E-state index is 13.1. The van der Waals surface area contributed by atoms with Crippen molar-refractivity contribution in [1.29, 1.82) is 0 Å². The lowest BCUT2D eigenvalue weighted by atomic mass is 10.0. The molecule has 0 spiro atoms. The Balaban J connectivity index is 4.01. The number of nitrogens with zero attached hydrogens (tertiary/aromatic N) is 1. The lowest BCUT2D eigenvalue weighted by Crippen LogP contribution is -2.46. The molecule has 2 N–H and O–H groups in total. The highest BCUT2D eigenvalue weighted by Crippen LogP contribution is 2.38. The van der Waals surface area contributed by atoms with Gasteiger partial charge in [-0.15, -0.1) is 0 Å². The summed E-state index contributed by atoms with van der Waals surface area (Å²) in [5.74, 6) is -0.167. The molecule has 0 aromatic carbocycles. The van der Waals surface area contributed by atoms with Crippen molar-refractivity contribution >= 4 is 13.7 Å². The standard InChI is InChI=1S/C84H153N2O6P/c1-6-8-10-12-14-16-18-20-22-24-26-28-30-32-34-36-38-40-41-42-43-44-45-46-48-50-52-54-56-58-60-62-64-66-68-70-72-74-76-78-84(88)85-82(81-92-93(89,90)91-80-79-86(3,4)5)83(87)77-75-73-71-69-67-65-63-61-59-57-55-53-51-49-47-39-37-35-33-31-29-27-25-23-21-19-17-15-13-11-9-7-2/h8,10,14,16,20,22,26,28,32,34,38,40,42-43,45-46,50,52,82-83,87H,6-7,9,11-13,15,17-19,21,23-25,27,29-31,33,35-37,39,41,44,47-49,51,53-81H2,1-5H3,(H-,85,88,89,90)/b10-8-,16-14-,22-20-,28-26-,34-32-,40-38-,43-42-,46-45-,52-50-. The number of unbranched alkanes of at least 4 members (excludes halogenated alkanes) is 42. The number of hydrogen-bond donors (Lipinski definition) is 2. The molecule has 0 saturated heterocycles. The van der Waals surface area contributed by atoms with Crippen LogP contribution in [-0.2, 0) is 18.4 Å². The number of hydrogen-bond acceptors (Lipinski definition) is 6. The molecule has 0 saturated carbocycles. The third kappa shape index (κ3) is 76.4.